The average Bonchev–Trinajstić information content (AvgIpc) is 2.59. The van der Waals surface area contributed by atoms with Gasteiger partial charge in [0.05, 0.1) is 5.69 Å². The second kappa shape index (κ2) is 7.45. The van der Waals surface area contributed by atoms with Crippen LogP contribution in [0.1, 0.15) is 12.5 Å². The van der Waals surface area contributed by atoms with Gasteiger partial charge in [-0.15, -0.1) is 0 Å². The summed E-state index contributed by atoms with van der Waals surface area (Å²) >= 11 is 3.53. The SMILES string of the molecule is CCNc1nc(Nc2ccc(Br)c(C)c2)cc(-c2ccccc2)n1. The molecule has 1 heterocycles. The lowest BCUT2D eigenvalue weighted by atomic mass is 10.1. The molecule has 24 heavy (non-hydrogen) atoms. The zero-order valence-electron chi connectivity index (χ0n) is 13.7. The Balaban J connectivity index is 1.97. The molecule has 0 atom stereocenters. The molecule has 0 unspecified atom stereocenters. The highest BCUT2D eigenvalue weighted by atomic mass is 79.9. The molecular weight excluding hydrogens is 364 g/mol. The van der Waals surface area contributed by atoms with Crippen molar-refractivity contribution in [2.45, 2.75) is 13.8 Å². The molecule has 0 saturated heterocycles. The van der Waals surface area contributed by atoms with Crippen molar-refractivity contribution in [3.63, 3.8) is 0 Å². The molecule has 5 heteroatoms. The van der Waals surface area contributed by atoms with Gasteiger partial charge < -0.3 is 10.6 Å². The molecule has 0 spiro atoms. The van der Waals surface area contributed by atoms with Crippen molar-refractivity contribution in [1.29, 1.82) is 0 Å². The molecule has 0 aliphatic rings. The van der Waals surface area contributed by atoms with Gasteiger partial charge in [-0.1, -0.05) is 46.3 Å². The number of halogens is 1. The topological polar surface area (TPSA) is 49.8 Å². The van der Waals surface area contributed by atoms with E-state index in [0.29, 0.717) is 5.95 Å². The second-order valence-electron chi connectivity index (χ2n) is 5.45. The first-order valence-corrected chi connectivity index (χ1v) is 8.66. The number of aromatic nitrogens is 2. The first kappa shape index (κ1) is 16.5. The number of rotatable bonds is 5. The van der Waals surface area contributed by atoms with Crippen LogP contribution in [-0.2, 0) is 0 Å². The van der Waals surface area contributed by atoms with E-state index in [1.807, 2.05) is 55.5 Å². The summed E-state index contributed by atoms with van der Waals surface area (Å²) in [6.07, 6.45) is 0. The first-order valence-electron chi connectivity index (χ1n) is 7.87. The van der Waals surface area contributed by atoms with Gasteiger partial charge in [-0.2, -0.15) is 4.98 Å². The summed E-state index contributed by atoms with van der Waals surface area (Å²) < 4.78 is 1.09. The van der Waals surface area contributed by atoms with Gasteiger partial charge in [0, 0.05) is 28.3 Å². The second-order valence-corrected chi connectivity index (χ2v) is 6.30. The summed E-state index contributed by atoms with van der Waals surface area (Å²) in [5, 5.41) is 6.56. The maximum absolute atomic E-state index is 4.60. The van der Waals surface area contributed by atoms with Crippen LogP contribution in [0.5, 0.6) is 0 Å². The predicted molar refractivity (Wildman–Crippen MR) is 104 cm³/mol. The van der Waals surface area contributed by atoms with Crippen molar-refractivity contribution in [3.8, 4) is 11.3 Å². The zero-order valence-corrected chi connectivity index (χ0v) is 15.3. The fourth-order valence-corrected chi connectivity index (χ4v) is 2.62. The van der Waals surface area contributed by atoms with Crippen LogP contribution >= 0.6 is 15.9 Å². The number of benzene rings is 2. The van der Waals surface area contributed by atoms with Crippen LogP contribution in [0, 0.1) is 6.92 Å². The number of hydrogen-bond donors (Lipinski definition) is 2. The van der Waals surface area contributed by atoms with E-state index in [1.165, 1.54) is 5.56 Å². The monoisotopic (exact) mass is 382 g/mol. The Hall–Kier alpha value is -2.40. The molecular formula is C19H19BrN4. The van der Waals surface area contributed by atoms with Crippen LogP contribution in [-0.4, -0.2) is 16.5 Å². The fourth-order valence-electron chi connectivity index (χ4n) is 2.38. The summed E-state index contributed by atoms with van der Waals surface area (Å²) in [5.41, 5.74) is 4.12. The van der Waals surface area contributed by atoms with E-state index in [2.05, 4.69) is 49.5 Å². The van der Waals surface area contributed by atoms with Crippen molar-refractivity contribution >= 4 is 33.4 Å². The Bertz CT molecular complexity index is 834. The van der Waals surface area contributed by atoms with Gasteiger partial charge in [-0.3, -0.25) is 0 Å². The molecule has 2 aromatic carbocycles. The summed E-state index contributed by atoms with van der Waals surface area (Å²) in [4.78, 5) is 9.15. The Kier molecular flexibility index (Phi) is 5.11. The predicted octanol–water partition coefficient (Wildman–Crippen LogP) is 5.39. The van der Waals surface area contributed by atoms with E-state index in [1.54, 1.807) is 0 Å². The van der Waals surface area contributed by atoms with E-state index in [4.69, 9.17) is 0 Å². The zero-order chi connectivity index (χ0) is 16.9. The van der Waals surface area contributed by atoms with Crippen LogP contribution in [0.4, 0.5) is 17.5 Å². The molecule has 1 aromatic heterocycles. The molecule has 0 fully saturated rings. The minimum absolute atomic E-state index is 0.621. The molecule has 4 nitrogen and oxygen atoms in total. The third-order valence-corrected chi connectivity index (χ3v) is 4.45. The van der Waals surface area contributed by atoms with Crippen molar-refractivity contribution in [2.24, 2.45) is 0 Å². The Morgan fingerprint density at radius 1 is 1.00 bits per heavy atom. The smallest absolute Gasteiger partial charge is 0.225 e. The van der Waals surface area contributed by atoms with Crippen LogP contribution < -0.4 is 10.6 Å². The lowest BCUT2D eigenvalue weighted by Crippen LogP contribution is -2.05. The summed E-state index contributed by atoms with van der Waals surface area (Å²) in [6, 6.07) is 18.2. The van der Waals surface area contributed by atoms with Crippen LogP contribution in [0.15, 0.2) is 59.1 Å². The molecule has 0 radical (unpaired) electrons. The van der Waals surface area contributed by atoms with Gasteiger partial charge >= 0.3 is 0 Å². The highest BCUT2D eigenvalue weighted by molar-refractivity contribution is 9.10. The highest BCUT2D eigenvalue weighted by Gasteiger charge is 2.07. The molecule has 3 aromatic rings. The quantitative estimate of drug-likeness (QED) is 0.620. The number of nitrogens with zero attached hydrogens (tertiary/aromatic N) is 2. The van der Waals surface area contributed by atoms with Crippen LogP contribution in [0.25, 0.3) is 11.3 Å². The van der Waals surface area contributed by atoms with Crippen LogP contribution in [0.3, 0.4) is 0 Å². The number of aryl methyl sites for hydroxylation is 1. The summed E-state index contributed by atoms with van der Waals surface area (Å²) in [5.74, 6) is 1.39. The maximum atomic E-state index is 4.60. The van der Waals surface area contributed by atoms with Crippen LogP contribution in [0.2, 0.25) is 0 Å². The number of nitrogens with one attached hydrogen (secondary N) is 2. The highest BCUT2D eigenvalue weighted by Crippen LogP contribution is 2.25. The minimum Gasteiger partial charge on any atom is -0.354 e. The Morgan fingerprint density at radius 3 is 2.50 bits per heavy atom. The van der Waals surface area contributed by atoms with Gasteiger partial charge in [0.2, 0.25) is 5.95 Å². The van der Waals surface area contributed by atoms with E-state index in [0.717, 1.165) is 33.8 Å². The number of anilines is 3. The molecule has 0 amide bonds. The van der Waals surface area contributed by atoms with Gasteiger partial charge in [0.1, 0.15) is 5.82 Å². The lowest BCUT2D eigenvalue weighted by molar-refractivity contribution is 1.09. The molecule has 0 aliphatic heterocycles. The van der Waals surface area contributed by atoms with Gasteiger partial charge in [-0.25, -0.2) is 4.98 Å². The van der Waals surface area contributed by atoms with E-state index in [9.17, 15) is 0 Å². The van der Waals surface area contributed by atoms with Gasteiger partial charge in [-0.05, 0) is 37.6 Å². The van der Waals surface area contributed by atoms with Crippen molar-refractivity contribution in [2.75, 3.05) is 17.2 Å². The van der Waals surface area contributed by atoms with Gasteiger partial charge in [0.25, 0.3) is 0 Å². The fraction of sp³-hybridized carbons (Fsp3) is 0.158. The van der Waals surface area contributed by atoms with Crippen molar-refractivity contribution in [1.82, 2.24) is 9.97 Å². The third kappa shape index (κ3) is 3.92. The largest absolute Gasteiger partial charge is 0.354 e. The molecule has 0 saturated carbocycles. The maximum Gasteiger partial charge on any atom is 0.225 e. The molecule has 122 valence electrons. The molecule has 0 aliphatic carbocycles. The Labute approximate surface area is 150 Å². The molecule has 2 N–H and O–H groups in total. The average molecular weight is 383 g/mol. The van der Waals surface area contributed by atoms with E-state index in [-0.39, 0.29) is 0 Å². The third-order valence-electron chi connectivity index (χ3n) is 3.56. The summed E-state index contributed by atoms with van der Waals surface area (Å²) in [6.45, 7) is 4.87. The summed E-state index contributed by atoms with van der Waals surface area (Å²) in [7, 11) is 0. The van der Waals surface area contributed by atoms with Crippen molar-refractivity contribution in [3.05, 3.63) is 64.6 Å². The molecule has 3 rings (SSSR count). The van der Waals surface area contributed by atoms with Crippen molar-refractivity contribution < 1.29 is 0 Å². The Morgan fingerprint density at radius 2 is 1.79 bits per heavy atom. The number of hydrogen-bond acceptors (Lipinski definition) is 4. The lowest BCUT2D eigenvalue weighted by Gasteiger charge is -2.11. The minimum atomic E-state index is 0.621. The van der Waals surface area contributed by atoms with E-state index < -0.39 is 0 Å². The molecule has 0 bridgehead atoms. The standard InChI is InChI=1S/C19H19BrN4/c1-3-21-19-23-17(14-7-5-4-6-8-14)12-18(24-19)22-15-9-10-16(20)13(2)11-15/h4-12H,3H2,1-2H3,(H2,21,22,23,24). The van der Waals surface area contributed by atoms with E-state index >= 15 is 0 Å². The first-order chi connectivity index (χ1) is 11.7. The normalized spacial score (nSPS) is 10.5. The van der Waals surface area contributed by atoms with Gasteiger partial charge in [0.15, 0.2) is 0 Å².